The summed E-state index contributed by atoms with van der Waals surface area (Å²) in [6.45, 7) is 0.950. The molecule has 2 atom stereocenters. The normalized spacial score (nSPS) is 15.5. The number of benzene rings is 8. The predicted octanol–water partition coefficient (Wildman–Crippen LogP) is 15.4. The van der Waals surface area contributed by atoms with E-state index in [1.807, 2.05) is 0 Å². The molecule has 8 aromatic carbocycles. The van der Waals surface area contributed by atoms with E-state index in [0.29, 0.717) is 13.2 Å². The van der Waals surface area contributed by atoms with Gasteiger partial charge < -0.3 is 24.3 Å². The summed E-state index contributed by atoms with van der Waals surface area (Å²) in [7, 11) is 17.1. The standard InChI is InChI=1S/C72H74N4O/c1-73(2)65-39-23-19-35-61(65)71(62-36-20-24-40-66(62)74(3)4)47-43-55(44-48-71)69(53-27-11-9-12-28-53)59-33-17-15-31-57(59)51-77-52-58-32-16-18-34-60(58)70(54-29-13-10-14-30-54)56-45-49-72(50-46-56,63-37-21-25-41-67(63)75(5)6)64-38-22-26-42-68(64)76(7)8/h9-50,55-56,69-70H,51-52H2,1-8H3. The number of anilines is 4. The Morgan fingerprint density at radius 2 is 0.584 bits per heavy atom. The van der Waals surface area contributed by atoms with Crippen molar-refractivity contribution >= 4 is 22.7 Å². The largest absolute Gasteiger partial charge is 0.377 e. The van der Waals surface area contributed by atoms with E-state index in [1.165, 1.54) is 78.4 Å². The minimum atomic E-state index is -0.492. The number of nitrogens with zero attached hydrogens (tertiary/aromatic N) is 4. The average molecular weight is 1010 g/mol. The molecule has 0 saturated heterocycles. The second-order valence-corrected chi connectivity index (χ2v) is 21.6. The molecular formula is C72H74N4O. The molecule has 0 bridgehead atoms. The van der Waals surface area contributed by atoms with Crippen molar-refractivity contribution in [2.24, 2.45) is 11.8 Å². The molecule has 0 amide bonds. The van der Waals surface area contributed by atoms with Crippen molar-refractivity contribution < 1.29 is 4.74 Å². The predicted molar refractivity (Wildman–Crippen MR) is 326 cm³/mol. The molecule has 0 fully saturated rings. The van der Waals surface area contributed by atoms with Crippen molar-refractivity contribution in [1.29, 1.82) is 0 Å². The van der Waals surface area contributed by atoms with Gasteiger partial charge in [0.05, 0.1) is 24.0 Å². The van der Waals surface area contributed by atoms with Crippen molar-refractivity contribution in [3.05, 3.63) is 310 Å². The van der Waals surface area contributed by atoms with Crippen LogP contribution >= 0.6 is 0 Å². The van der Waals surface area contributed by atoms with Gasteiger partial charge in [-0.3, -0.25) is 0 Å². The molecule has 2 aliphatic carbocycles. The number of hydrogen-bond donors (Lipinski definition) is 0. The smallest absolute Gasteiger partial charge is 0.0724 e. The van der Waals surface area contributed by atoms with E-state index in [2.05, 4.69) is 331 Å². The molecule has 0 spiro atoms. The lowest BCUT2D eigenvalue weighted by Gasteiger charge is -2.39. The van der Waals surface area contributed by atoms with E-state index in [1.54, 1.807) is 0 Å². The van der Waals surface area contributed by atoms with Crippen LogP contribution in [-0.4, -0.2) is 56.4 Å². The monoisotopic (exact) mass is 1010 g/mol. The van der Waals surface area contributed by atoms with Crippen LogP contribution in [0.1, 0.15) is 67.5 Å². The van der Waals surface area contributed by atoms with Gasteiger partial charge in [0.1, 0.15) is 0 Å². The first-order chi connectivity index (χ1) is 37.5. The molecule has 0 heterocycles. The van der Waals surface area contributed by atoms with E-state index < -0.39 is 10.8 Å². The molecule has 8 aromatic rings. The summed E-state index contributed by atoms with van der Waals surface area (Å²) in [6.07, 6.45) is 19.8. The van der Waals surface area contributed by atoms with Gasteiger partial charge in [0.2, 0.25) is 0 Å². The fraction of sp³-hybridized carbons (Fsp3) is 0.222. The number of para-hydroxylation sites is 4. The molecule has 0 saturated carbocycles. The topological polar surface area (TPSA) is 22.2 Å². The van der Waals surface area contributed by atoms with Crippen LogP contribution in [0, 0.1) is 11.8 Å². The van der Waals surface area contributed by atoms with E-state index in [9.17, 15) is 0 Å². The summed E-state index contributed by atoms with van der Waals surface area (Å²) in [5.74, 6) is 0.270. The number of ether oxygens (including phenoxy) is 1. The molecule has 0 radical (unpaired) electrons. The summed E-state index contributed by atoms with van der Waals surface area (Å²) >= 11 is 0. The Bertz CT molecular complexity index is 3040. The highest BCUT2D eigenvalue weighted by atomic mass is 16.5. The number of allylic oxidation sites excluding steroid dienone is 8. The van der Waals surface area contributed by atoms with Gasteiger partial charge >= 0.3 is 0 Å². The Balaban J connectivity index is 0.978. The highest BCUT2D eigenvalue weighted by Gasteiger charge is 2.40. The van der Waals surface area contributed by atoms with E-state index in [4.69, 9.17) is 4.74 Å². The lowest BCUT2D eigenvalue weighted by molar-refractivity contribution is 0.105. The summed E-state index contributed by atoms with van der Waals surface area (Å²) in [5.41, 5.74) is 16.3. The Morgan fingerprint density at radius 1 is 0.325 bits per heavy atom. The van der Waals surface area contributed by atoms with Gasteiger partial charge in [0.15, 0.2) is 0 Å². The van der Waals surface area contributed by atoms with E-state index in [-0.39, 0.29) is 23.7 Å². The second kappa shape index (κ2) is 23.0. The van der Waals surface area contributed by atoms with E-state index in [0.717, 1.165) is 0 Å². The summed E-state index contributed by atoms with van der Waals surface area (Å²) in [6, 6.07) is 75.3. The lowest BCUT2D eigenvalue weighted by atomic mass is 9.67. The van der Waals surface area contributed by atoms with Crippen LogP contribution in [0.2, 0.25) is 0 Å². The first-order valence-corrected chi connectivity index (χ1v) is 27.2. The van der Waals surface area contributed by atoms with Crippen molar-refractivity contribution in [2.75, 3.05) is 76.0 Å². The molecule has 5 heteroatoms. The number of rotatable bonds is 18. The van der Waals surface area contributed by atoms with Gasteiger partial charge in [0.25, 0.3) is 0 Å². The zero-order valence-corrected chi connectivity index (χ0v) is 46.2. The number of hydrogen-bond acceptors (Lipinski definition) is 5. The molecule has 77 heavy (non-hydrogen) atoms. The Kier molecular flexibility index (Phi) is 15.6. The molecule has 0 aromatic heterocycles. The summed E-state index contributed by atoms with van der Waals surface area (Å²) in [4.78, 5) is 8.94. The maximum Gasteiger partial charge on any atom is 0.0724 e. The minimum Gasteiger partial charge on any atom is -0.377 e. The zero-order valence-electron chi connectivity index (χ0n) is 46.2. The molecule has 5 nitrogen and oxygen atoms in total. The van der Waals surface area contributed by atoms with Gasteiger partial charge in [-0.05, 0) is 79.9 Å². The van der Waals surface area contributed by atoms with Gasteiger partial charge in [-0.15, -0.1) is 0 Å². The Labute approximate surface area is 459 Å². The van der Waals surface area contributed by atoms with Crippen LogP contribution < -0.4 is 19.6 Å². The average Bonchev–Trinajstić information content (AvgIpc) is 3.54. The third-order valence-electron chi connectivity index (χ3n) is 16.0. The van der Waals surface area contributed by atoms with Crippen molar-refractivity contribution in [1.82, 2.24) is 0 Å². The Hall–Kier alpha value is -8.12. The summed E-state index contributed by atoms with van der Waals surface area (Å²) < 4.78 is 6.98. The van der Waals surface area contributed by atoms with Crippen molar-refractivity contribution in [2.45, 2.75) is 35.9 Å². The fourth-order valence-corrected chi connectivity index (χ4v) is 12.3. The van der Waals surface area contributed by atoms with Crippen LogP contribution in [0.5, 0.6) is 0 Å². The molecule has 2 aliphatic rings. The van der Waals surface area contributed by atoms with Gasteiger partial charge in [-0.1, -0.05) is 231 Å². The molecule has 388 valence electrons. The highest BCUT2D eigenvalue weighted by Crippen LogP contribution is 2.50. The first-order valence-electron chi connectivity index (χ1n) is 27.2. The van der Waals surface area contributed by atoms with Crippen LogP contribution in [0.3, 0.4) is 0 Å². The van der Waals surface area contributed by atoms with Crippen molar-refractivity contribution in [3.63, 3.8) is 0 Å². The van der Waals surface area contributed by atoms with Crippen LogP contribution in [0.15, 0.2) is 255 Å². The first kappa shape index (κ1) is 52.3. The Morgan fingerprint density at radius 3 is 0.883 bits per heavy atom. The van der Waals surface area contributed by atoms with E-state index >= 15 is 0 Å². The molecule has 2 unspecified atom stereocenters. The quantitative estimate of drug-likeness (QED) is 0.0797. The van der Waals surface area contributed by atoms with Crippen molar-refractivity contribution in [3.8, 4) is 0 Å². The third kappa shape index (κ3) is 10.5. The molecule has 10 rings (SSSR count). The maximum absolute atomic E-state index is 6.98. The fourth-order valence-electron chi connectivity index (χ4n) is 12.3. The highest BCUT2D eigenvalue weighted by molar-refractivity contribution is 5.72. The third-order valence-corrected chi connectivity index (χ3v) is 16.0. The zero-order chi connectivity index (χ0) is 53.5. The minimum absolute atomic E-state index is 0.0517. The van der Waals surface area contributed by atoms with Gasteiger partial charge in [-0.25, -0.2) is 0 Å². The lowest BCUT2D eigenvalue weighted by Crippen LogP contribution is -2.31. The molecule has 0 aliphatic heterocycles. The SMILES string of the molecule is CN(C)c1ccccc1C1(c2ccccc2N(C)C)C=CC(C(c2ccccc2)c2ccccc2COCc2ccccc2C(c2ccccc2)C2C=CC(c3ccccc3N(C)C)(c3ccccc3N(C)C)C=C2)C=C1. The van der Waals surface area contributed by atoms with Gasteiger partial charge in [0, 0.05) is 103 Å². The maximum atomic E-state index is 6.98. The van der Waals surface area contributed by atoms with Crippen LogP contribution in [0.25, 0.3) is 0 Å². The van der Waals surface area contributed by atoms with Crippen LogP contribution in [-0.2, 0) is 28.8 Å². The molecule has 0 N–H and O–H groups in total. The van der Waals surface area contributed by atoms with Gasteiger partial charge in [-0.2, -0.15) is 0 Å². The molecular weight excluding hydrogens is 937 g/mol. The summed E-state index contributed by atoms with van der Waals surface area (Å²) in [5, 5.41) is 0. The van der Waals surface area contributed by atoms with Crippen LogP contribution in [0.4, 0.5) is 22.7 Å². The second-order valence-electron chi connectivity index (χ2n) is 21.6.